The van der Waals surface area contributed by atoms with E-state index in [9.17, 15) is 13.2 Å². The molecule has 1 aromatic carbocycles. The van der Waals surface area contributed by atoms with Crippen LogP contribution in [0.1, 0.15) is 37.0 Å². The molecule has 1 aromatic rings. The third-order valence-corrected chi connectivity index (χ3v) is 4.62. The molecule has 8 heteroatoms. The highest BCUT2D eigenvalue weighted by atomic mass is 35.5. The Morgan fingerprint density at radius 1 is 1.38 bits per heavy atom. The highest BCUT2D eigenvalue weighted by Gasteiger charge is 2.24. The number of ether oxygens (including phenoxy) is 1. The summed E-state index contributed by atoms with van der Waals surface area (Å²) in [6.07, 6.45) is 1.88. The molecule has 118 valence electrons. The van der Waals surface area contributed by atoms with Crippen molar-refractivity contribution in [3.05, 3.63) is 27.7 Å². The first kappa shape index (κ1) is 18.2. The van der Waals surface area contributed by atoms with E-state index in [-0.39, 0.29) is 33.0 Å². The highest BCUT2D eigenvalue weighted by molar-refractivity contribution is 7.89. The smallest absolute Gasteiger partial charge is 0.341 e. The number of halogens is 2. The molecule has 0 aliphatic rings. The summed E-state index contributed by atoms with van der Waals surface area (Å²) >= 11 is 11.8. The average molecular weight is 354 g/mol. The Hall–Kier alpha value is -0.820. The van der Waals surface area contributed by atoms with Crippen LogP contribution in [-0.2, 0) is 14.8 Å². The van der Waals surface area contributed by atoms with Crippen molar-refractivity contribution in [3.63, 3.8) is 0 Å². The number of rotatable bonds is 6. The molecular weight excluding hydrogens is 337 g/mol. The number of benzene rings is 1. The number of nitrogens with two attached hydrogens (primary N) is 1. The lowest BCUT2D eigenvalue weighted by molar-refractivity contribution is 0.0444. The molecule has 0 bridgehead atoms. The van der Waals surface area contributed by atoms with E-state index in [1.165, 1.54) is 6.07 Å². The first-order valence-corrected chi connectivity index (χ1v) is 8.66. The summed E-state index contributed by atoms with van der Waals surface area (Å²) in [5, 5.41) is 4.72. The molecule has 1 rings (SSSR count). The van der Waals surface area contributed by atoms with Crippen molar-refractivity contribution in [1.82, 2.24) is 0 Å². The summed E-state index contributed by atoms with van der Waals surface area (Å²) in [5.41, 5.74) is -0.187. The van der Waals surface area contributed by atoms with Crippen molar-refractivity contribution < 1.29 is 17.9 Å². The van der Waals surface area contributed by atoms with Gasteiger partial charge in [-0.1, -0.05) is 43.5 Å². The van der Waals surface area contributed by atoms with E-state index in [0.717, 1.165) is 18.9 Å². The SMILES string of the molecule is CCCC(C)COC(=O)c1c(Cl)ccc(S(N)(=O)=O)c1Cl. The monoisotopic (exact) mass is 353 g/mol. The van der Waals surface area contributed by atoms with E-state index < -0.39 is 16.0 Å². The van der Waals surface area contributed by atoms with Crippen LogP contribution in [0, 0.1) is 5.92 Å². The van der Waals surface area contributed by atoms with Crippen molar-refractivity contribution in [1.29, 1.82) is 0 Å². The molecule has 0 amide bonds. The number of carbonyl (C=O) groups is 1. The van der Waals surface area contributed by atoms with E-state index in [4.69, 9.17) is 33.1 Å². The van der Waals surface area contributed by atoms with Crippen LogP contribution >= 0.6 is 23.2 Å². The molecule has 0 saturated heterocycles. The van der Waals surface area contributed by atoms with E-state index in [2.05, 4.69) is 0 Å². The zero-order valence-corrected chi connectivity index (χ0v) is 14.1. The van der Waals surface area contributed by atoms with Gasteiger partial charge in [-0.25, -0.2) is 18.4 Å². The number of hydrogen-bond acceptors (Lipinski definition) is 4. The maximum absolute atomic E-state index is 12.0. The summed E-state index contributed by atoms with van der Waals surface area (Å²) < 4.78 is 27.9. The summed E-state index contributed by atoms with van der Waals surface area (Å²) in [6.45, 7) is 4.18. The van der Waals surface area contributed by atoms with Crippen LogP contribution in [0.5, 0.6) is 0 Å². The minimum atomic E-state index is -4.04. The van der Waals surface area contributed by atoms with Gasteiger partial charge < -0.3 is 4.74 Å². The molecule has 0 aromatic heterocycles. The van der Waals surface area contributed by atoms with Crippen LogP contribution in [-0.4, -0.2) is 21.0 Å². The van der Waals surface area contributed by atoms with Crippen molar-refractivity contribution in [3.8, 4) is 0 Å². The first-order valence-electron chi connectivity index (χ1n) is 6.36. The average Bonchev–Trinajstić information content (AvgIpc) is 2.35. The Bertz CT molecular complexity index is 631. The van der Waals surface area contributed by atoms with Gasteiger partial charge in [0.25, 0.3) is 0 Å². The van der Waals surface area contributed by atoms with Gasteiger partial charge in [0, 0.05) is 0 Å². The van der Waals surface area contributed by atoms with Gasteiger partial charge in [-0.2, -0.15) is 0 Å². The van der Waals surface area contributed by atoms with E-state index >= 15 is 0 Å². The number of esters is 1. The molecule has 5 nitrogen and oxygen atoms in total. The predicted molar refractivity (Wildman–Crippen MR) is 82.2 cm³/mol. The molecule has 2 N–H and O–H groups in total. The summed E-state index contributed by atoms with van der Waals surface area (Å²) in [6, 6.07) is 2.40. The number of sulfonamides is 1. The van der Waals surface area contributed by atoms with Gasteiger partial charge in [-0.15, -0.1) is 0 Å². The third kappa shape index (κ3) is 4.85. The topological polar surface area (TPSA) is 86.5 Å². The van der Waals surface area contributed by atoms with Gasteiger partial charge in [0.2, 0.25) is 10.0 Å². The second kappa shape index (κ2) is 7.45. The second-order valence-corrected chi connectivity index (χ2v) is 7.09. The van der Waals surface area contributed by atoms with Gasteiger partial charge in [0.05, 0.1) is 22.2 Å². The van der Waals surface area contributed by atoms with Crippen LogP contribution in [0.4, 0.5) is 0 Å². The lowest BCUT2D eigenvalue weighted by atomic mass is 10.1. The molecule has 0 heterocycles. The van der Waals surface area contributed by atoms with Gasteiger partial charge in [-0.3, -0.25) is 0 Å². The normalized spacial score (nSPS) is 13.0. The van der Waals surface area contributed by atoms with Gasteiger partial charge in [0.15, 0.2) is 0 Å². The Labute approximate surface area is 134 Å². The van der Waals surface area contributed by atoms with Crippen LogP contribution in [0.3, 0.4) is 0 Å². The molecule has 0 radical (unpaired) electrons. The largest absolute Gasteiger partial charge is 0.462 e. The van der Waals surface area contributed by atoms with Crippen LogP contribution in [0.2, 0.25) is 10.0 Å². The number of carbonyl (C=O) groups excluding carboxylic acids is 1. The lowest BCUT2D eigenvalue weighted by Crippen LogP contribution is -2.17. The van der Waals surface area contributed by atoms with E-state index in [0.29, 0.717) is 0 Å². The molecule has 0 spiro atoms. The fourth-order valence-electron chi connectivity index (χ4n) is 1.81. The van der Waals surface area contributed by atoms with E-state index in [1.807, 2.05) is 13.8 Å². The third-order valence-electron chi connectivity index (χ3n) is 2.85. The van der Waals surface area contributed by atoms with Gasteiger partial charge >= 0.3 is 5.97 Å². The zero-order valence-electron chi connectivity index (χ0n) is 11.7. The minimum Gasteiger partial charge on any atom is -0.462 e. The maximum atomic E-state index is 12.0. The fraction of sp³-hybridized carbons (Fsp3) is 0.462. The van der Waals surface area contributed by atoms with Crippen molar-refractivity contribution in [2.45, 2.75) is 31.6 Å². The summed E-state index contributed by atoms with van der Waals surface area (Å²) in [4.78, 5) is 11.7. The fourth-order valence-corrected chi connectivity index (χ4v) is 3.26. The van der Waals surface area contributed by atoms with Gasteiger partial charge in [-0.05, 0) is 24.5 Å². The van der Waals surface area contributed by atoms with Gasteiger partial charge in [0.1, 0.15) is 4.90 Å². The van der Waals surface area contributed by atoms with Crippen LogP contribution in [0.15, 0.2) is 17.0 Å². The summed E-state index contributed by atoms with van der Waals surface area (Å²) in [5.74, 6) is -0.573. The molecule has 0 aliphatic carbocycles. The number of primary sulfonamides is 1. The highest BCUT2D eigenvalue weighted by Crippen LogP contribution is 2.31. The standard InChI is InChI=1S/C13H17Cl2NO4S/c1-3-4-8(2)7-20-13(17)11-9(14)5-6-10(12(11)15)21(16,18)19/h5-6,8H,3-4,7H2,1-2H3,(H2,16,18,19). The van der Waals surface area contributed by atoms with Crippen LogP contribution in [0.25, 0.3) is 0 Å². The molecule has 0 aliphatic heterocycles. The Morgan fingerprint density at radius 3 is 2.52 bits per heavy atom. The maximum Gasteiger partial charge on any atom is 0.341 e. The zero-order chi connectivity index (χ0) is 16.2. The van der Waals surface area contributed by atoms with Crippen molar-refractivity contribution in [2.75, 3.05) is 6.61 Å². The Morgan fingerprint density at radius 2 is 2.00 bits per heavy atom. The quantitative estimate of drug-likeness (QED) is 0.795. The molecule has 1 unspecified atom stereocenters. The molecule has 0 fully saturated rings. The van der Waals surface area contributed by atoms with Crippen molar-refractivity contribution >= 4 is 39.2 Å². The first-order chi connectivity index (χ1) is 9.68. The van der Waals surface area contributed by atoms with Crippen molar-refractivity contribution in [2.24, 2.45) is 11.1 Å². The minimum absolute atomic E-state index is 0.0144. The molecule has 0 saturated carbocycles. The molecular formula is C13H17Cl2NO4S. The lowest BCUT2D eigenvalue weighted by Gasteiger charge is -2.13. The van der Waals surface area contributed by atoms with E-state index in [1.54, 1.807) is 0 Å². The Kier molecular flexibility index (Phi) is 6.46. The molecule has 1 atom stereocenters. The number of hydrogen-bond donors (Lipinski definition) is 1. The summed E-state index contributed by atoms with van der Waals surface area (Å²) in [7, 11) is -4.04. The Balaban J connectivity index is 3.05. The molecule has 21 heavy (non-hydrogen) atoms. The van der Waals surface area contributed by atoms with Crippen LogP contribution < -0.4 is 5.14 Å². The predicted octanol–water partition coefficient (Wildman–Crippen LogP) is 3.23. The second-order valence-electron chi connectivity index (χ2n) is 4.77.